The van der Waals surface area contributed by atoms with Gasteiger partial charge in [-0.15, -0.1) is 0 Å². The fraction of sp³-hybridized carbons (Fsp3) is 0.421. The minimum Gasteiger partial charge on any atom is -0.360 e. The Morgan fingerprint density at radius 2 is 2.00 bits per heavy atom. The number of amides is 2. The molecule has 6 heteroatoms. The topological polar surface area (TPSA) is 84.2 Å². The minimum absolute atomic E-state index is 0.0278. The number of carbonyl (C=O) groups excluding carboxylic acids is 2. The molecule has 0 bridgehead atoms. The zero-order valence-corrected chi connectivity index (χ0v) is 14.8. The van der Waals surface area contributed by atoms with Gasteiger partial charge in [0.25, 0.3) is 11.8 Å². The number of hydrogen-bond donors (Lipinski definition) is 2. The van der Waals surface area contributed by atoms with Crippen LogP contribution in [0, 0.1) is 6.92 Å². The van der Waals surface area contributed by atoms with Crippen molar-refractivity contribution in [2.75, 3.05) is 0 Å². The third-order valence-corrected chi connectivity index (χ3v) is 4.40. The van der Waals surface area contributed by atoms with Gasteiger partial charge < -0.3 is 15.2 Å². The van der Waals surface area contributed by atoms with Gasteiger partial charge in [-0.05, 0) is 45.2 Å². The Bertz CT molecular complexity index is 795. The molecule has 0 fully saturated rings. The first kappa shape index (κ1) is 17.2. The third-order valence-electron chi connectivity index (χ3n) is 4.40. The van der Waals surface area contributed by atoms with E-state index >= 15 is 0 Å². The van der Waals surface area contributed by atoms with E-state index in [1.807, 2.05) is 45.0 Å². The fourth-order valence-electron chi connectivity index (χ4n) is 3.13. The minimum atomic E-state index is -0.231. The van der Waals surface area contributed by atoms with Crippen LogP contribution < -0.4 is 10.6 Å². The summed E-state index contributed by atoms with van der Waals surface area (Å²) in [7, 11) is 0. The highest BCUT2D eigenvalue weighted by molar-refractivity contribution is 5.96. The van der Waals surface area contributed by atoms with Crippen LogP contribution in [0.5, 0.6) is 0 Å². The van der Waals surface area contributed by atoms with Gasteiger partial charge in [-0.2, -0.15) is 0 Å². The smallest absolute Gasteiger partial charge is 0.273 e. The Morgan fingerprint density at radius 1 is 1.24 bits per heavy atom. The second-order valence-electron chi connectivity index (χ2n) is 6.79. The van der Waals surface area contributed by atoms with Crippen LogP contribution in [-0.4, -0.2) is 29.1 Å². The van der Waals surface area contributed by atoms with Crippen LogP contribution in [0.4, 0.5) is 0 Å². The molecule has 0 saturated carbocycles. The van der Waals surface area contributed by atoms with Crippen molar-refractivity contribution in [3.63, 3.8) is 0 Å². The molecule has 0 aliphatic heterocycles. The van der Waals surface area contributed by atoms with Crippen molar-refractivity contribution >= 4 is 11.8 Å². The second kappa shape index (κ2) is 7.09. The number of nitrogens with zero attached hydrogens (tertiary/aromatic N) is 1. The molecule has 2 amide bonds. The molecule has 1 atom stereocenters. The Labute approximate surface area is 147 Å². The van der Waals surface area contributed by atoms with E-state index in [2.05, 4.69) is 15.8 Å². The molecule has 3 rings (SSSR count). The number of carbonyl (C=O) groups is 2. The molecule has 1 aliphatic rings. The number of fused-ring (bicyclic) bond motifs is 1. The van der Waals surface area contributed by atoms with Crippen LogP contribution >= 0.6 is 0 Å². The third kappa shape index (κ3) is 3.73. The maximum absolute atomic E-state index is 12.5. The summed E-state index contributed by atoms with van der Waals surface area (Å²) in [6, 6.07) is 7.50. The highest BCUT2D eigenvalue weighted by atomic mass is 16.5. The molecule has 1 unspecified atom stereocenters. The van der Waals surface area contributed by atoms with Gasteiger partial charge in [-0.1, -0.05) is 23.4 Å². The lowest BCUT2D eigenvalue weighted by Gasteiger charge is -2.23. The predicted octanol–water partition coefficient (Wildman–Crippen LogP) is 2.41. The van der Waals surface area contributed by atoms with Gasteiger partial charge in [0.15, 0.2) is 5.69 Å². The first-order valence-corrected chi connectivity index (χ1v) is 8.60. The van der Waals surface area contributed by atoms with Crippen LogP contribution in [0.15, 0.2) is 28.8 Å². The Morgan fingerprint density at radius 3 is 2.72 bits per heavy atom. The van der Waals surface area contributed by atoms with E-state index in [1.165, 1.54) is 0 Å². The normalized spacial score (nSPS) is 16.4. The molecule has 2 aromatic rings. The van der Waals surface area contributed by atoms with Gasteiger partial charge in [-0.25, -0.2) is 0 Å². The fourth-order valence-corrected chi connectivity index (χ4v) is 3.13. The van der Waals surface area contributed by atoms with Crippen LogP contribution in [0.25, 0.3) is 0 Å². The first-order valence-electron chi connectivity index (χ1n) is 8.60. The van der Waals surface area contributed by atoms with E-state index < -0.39 is 0 Å². The molecule has 0 saturated heterocycles. The maximum Gasteiger partial charge on any atom is 0.273 e. The van der Waals surface area contributed by atoms with E-state index in [-0.39, 0.29) is 23.9 Å². The second-order valence-corrected chi connectivity index (χ2v) is 6.79. The number of nitrogens with one attached hydrogen (secondary N) is 2. The van der Waals surface area contributed by atoms with E-state index in [1.54, 1.807) is 0 Å². The number of rotatable bonds is 4. The molecule has 0 radical (unpaired) electrons. The summed E-state index contributed by atoms with van der Waals surface area (Å²) in [5.41, 5.74) is 2.76. The molecular weight excluding hydrogens is 318 g/mol. The summed E-state index contributed by atoms with van der Waals surface area (Å²) in [6.45, 7) is 5.72. The standard InChI is InChI=1S/C19H23N3O3/c1-11(2)20-19(24)17-15-10-13(8-9-16(15)25-22-17)21-18(23)14-7-5-4-6-12(14)3/h4-7,11,13H,8-10H2,1-3H3,(H,20,24)(H,21,23). The van der Waals surface area contributed by atoms with Gasteiger partial charge in [0.1, 0.15) is 5.76 Å². The Kier molecular flexibility index (Phi) is 4.88. The average molecular weight is 341 g/mol. The highest BCUT2D eigenvalue weighted by Crippen LogP contribution is 2.25. The van der Waals surface area contributed by atoms with Crippen LogP contribution in [-0.2, 0) is 12.8 Å². The van der Waals surface area contributed by atoms with Crippen molar-refractivity contribution in [2.24, 2.45) is 0 Å². The molecule has 1 heterocycles. The van der Waals surface area contributed by atoms with Gasteiger partial charge >= 0.3 is 0 Å². The lowest BCUT2D eigenvalue weighted by atomic mass is 9.91. The molecule has 1 aromatic heterocycles. The molecule has 0 spiro atoms. The molecular formula is C19H23N3O3. The van der Waals surface area contributed by atoms with Crippen molar-refractivity contribution in [1.82, 2.24) is 15.8 Å². The molecule has 2 N–H and O–H groups in total. The summed E-state index contributed by atoms with van der Waals surface area (Å²) in [6.07, 6.45) is 1.98. The molecule has 132 valence electrons. The van der Waals surface area contributed by atoms with Crippen molar-refractivity contribution in [3.8, 4) is 0 Å². The number of benzene rings is 1. The maximum atomic E-state index is 12.5. The van der Waals surface area contributed by atoms with Gasteiger partial charge in [0, 0.05) is 29.6 Å². The molecule has 25 heavy (non-hydrogen) atoms. The monoisotopic (exact) mass is 341 g/mol. The van der Waals surface area contributed by atoms with Crippen molar-refractivity contribution in [2.45, 2.75) is 52.1 Å². The lowest BCUT2D eigenvalue weighted by Crippen LogP contribution is -2.39. The summed E-state index contributed by atoms with van der Waals surface area (Å²) in [5.74, 6) is 0.428. The van der Waals surface area contributed by atoms with Gasteiger partial charge in [0.2, 0.25) is 0 Å². The van der Waals surface area contributed by atoms with E-state index in [0.717, 1.165) is 23.3 Å². The molecule has 1 aliphatic carbocycles. The van der Waals surface area contributed by atoms with E-state index in [9.17, 15) is 9.59 Å². The lowest BCUT2D eigenvalue weighted by molar-refractivity contribution is 0.0928. The number of aryl methyl sites for hydroxylation is 2. The first-order chi connectivity index (χ1) is 12.0. The summed E-state index contributed by atoms with van der Waals surface area (Å²) >= 11 is 0. The highest BCUT2D eigenvalue weighted by Gasteiger charge is 2.29. The number of hydrogen-bond acceptors (Lipinski definition) is 4. The van der Waals surface area contributed by atoms with Crippen LogP contribution in [0.3, 0.4) is 0 Å². The summed E-state index contributed by atoms with van der Waals surface area (Å²) in [5, 5.41) is 9.85. The largest absolute Gasteiger partial charge is 0.360 e. The van der Waals surface area contributed by atoms with Crippen molar-refractivity contribution in [1.29, 1.82) is 0 Å². The van der Waals surface area contributed by atoms with E-state index in [0.29, 0.717) is 24.1 Å². The van der Waals surface area contributed by atoms with E-state index in [4.69, 9.17) is 4.52 Å². The molecule has 6 nitrogen and oxygen atoms in total. The van der Waals surface area contributed by atoms with Crippen molar-refractivity contribution in [3.05, 3.63) is 52.4 Å². The molecule has 1 aromatic carbocycles. The summed E-state index contributed by atoms with van der Waals surface area (Å²) < 4.78 is 5.32. The zero-order chi connectivity index (χ0) is 18.0. The van der Waals surface area contributed by atoms with Gasteiger partial charge in [0.05, 0.1) is 0 Å². The quantitative estimate of drug-likeness (QED) is 0.894. The summed E-state index contributed by atoms with van der Waals surface area (Å²) in [4.78, 5) is 24.8. The SMILES string of the molecule is Cc1ccccc1C(=O)NC1CCc2onc(C(=O)NC(C)C)c2C1. The number of aromatic nitrogens is 1. The Hall–Kier alpha value is -2.63. The van der Waals surface area contributed by atoms with Crippen LogP contribution in [0.2, 0.25) is 0 Å². The van der Waals surface area contributed by atoms with Crippen molar-refractivity contribution < 1.29 is 14.1 Å². The predicted molar refractivity (Wildman–Crippen MR) is 93.6 cm³/mol. The average Bonchev–Trinajstić information content (AvgIpc) is 2.97. The zero-order valence-electron chi connectivity index (χ0n) is 14.8. The van der Waals surface area contributed by atoms with Crippen LogP contribution in [0.1, 0.15) is 58.0 Å². The van der Waals surface area contributed by atoms with Gasteiger partial charge in [-0.3, -0.25) is 9.59 Å². The Balaban J connectivity index is 1.73.